The van der Waals surface area contributed by atoms with Crippen molar-refractivity contribution in [3.05, 3.63) is 30.0 Å². The van der Waals surface area contributed by atoms with Crippen LogP contribution in [0.4, 0.5) is 11.8 Å². The Morgan fingerprint density at radius 1 is 1.11 bits per heavy atom. The summed E-state index contributed by atoms with van der Waals surface area (Å²) >= 11 is 1.67. The van der Waals surface area contributed by atoms with Crippen LogP contribution in [0.2, 0.25) is 0 Å². The molecule has 2 fully saturated rings. The highest BCUT2D eigenvalue weighted by molar-refractivity contribution is 7.21. The van der Waals surface area contributed by atoms with Gasteiger partial charge in [0.2, 0.25) is 5.95 Å². The summed E-state index contributed by atoms with van der Waals surface area (Å²) < 4.78 is 6.60. The first-order valence-electron chi connectivity index (χ1n) is 13.3. The predicted molar refractivity (Wildman–Crippen MR) is 151 cm³/mol. The number of hydrogen-bond donors (Lipinski definition) is 5. The molecule has 5 rings (SSSR count). The molecule has 2 unspecified atom stereocenters. The Labute approximate surface area is 228 Å². The van der Waals surface area contributed by atoms with Gasteiger partial charge in [0.25, 0.3) is 0 Å². The van der Waals surface area contributed by atoms with Crippen LogP contribution in [-0.4, -0.2) is 93.0 Å². The molecule has 2 atom stereocenters. The van der Waals surface area contributed by atoms with E-state index in [1.165, 1.54) is 13.8 Å². The number of aliphatic hydroxyl groups is 3. The lowest BCUT2D eigenvalue weighted by Crippen LogP contribution is -2.39. The summed E-state index contributed by atoms with van der Waals surface area (Å²) in [6.45, 7) is 10.2. The zero-order valence-corrected chi connectivity index (χ0v) is 23.3. The fourth-order valence-electron chi connectivity index (χ4n) is 4.71. The number of fused-ring (bicyclic) bond motifs is 1. The number of nitrogens with one attached hydrogen (secondary N) is 2. The second kappa shape index (κ2) is 13.1. The molecule has 3 aromatic rings. The van der Waals surface area contributed by atoms with Gasteiger partial charge in [0, 0.05) is 38.8 Å². The van der Waals surface area contributed by atoms with Crippen LogP contribution in [0, 0.1) is 12.8 Å². The van der Waals surface area contributed by atoms with E-state index in [0.29, 0.717) is 17.9 Å². The van der Waals surface area contributed by atoms with Crippen LogP contribution >= 0.6 is 11.3 Å². The van der Waals surface area contributed by atoms with Gasteiger partial charge in [0.15, 0.2) is 5.79 Å². The molecule has 208 valence electrons. The van der Waals surface area contributed by atoms with Crippen molar-refractivity contribution in [2.45, 2.75) is 51.9 Å². The maximum Gasteiger partial charge on any atom is 0.224 e. The van der Waals surface area contributed by atoms with E-state index in [0.717, 1.165) is 91.0 Å². The van der Waals surface area contributed by atoms with Crippen LogP contribution in [0.3, 0.4) is 0 Å². The molecule has 1 aliphatic carbocycles. The molecule has 0 amide bonds. The molecule has 5 N–H and O–H groups in total. The maximum atomic E-state index is 9.57. The standard InChI is InChI=1S/C24H32N6O2S.C3H8O2/c1-16-21(23-28-19-4-2-3-5-20(19)33-23)22(27-18-7-6-17(14-18)15-31)29-24(26-16)25-8-9-30-10-12-32-13-11-30;1-3(2,4)5/h2-5,17-18,31H,6-15H2,1H3,(H2,25,26,27,29);4-5H,1-2H3. The highest BCUT2D eigenvalue weighted by Crippen LogP contribution is 2.37. The van der Waals surface area contributed by atoms with E-state index < -0.39 is 5.79 Å². The molecule has 2 aliphatic rings. The zero-order valence-electron chi connectivity index (χ0n) is 22.5. The first kappa shape index (κ1) is 28.6. The average Bonchev–Trinajstić information content (AvgIpc) is 3.50. The van der Waals surface area contributed by atoms with Crippen molar-refractivity contribution in [2.24, 2.45) is 5.92 Å². The molecule has 1 aromatic carbocycles. The van der Waals surface area contributed by atoms with Crippen molar-refractivity contribution in [3.63, 3.8) is 0 Å². The predicted octanol–water partition coefficient (Wildman–Crippen LogP) is 3.09. The Balaban J connectivity index is 0.000000617. The van der Waals surface area contributed by atoms with Crippen molar-refractivity contribution in [2.75, 3.05) is 56.6 Å². The Hall–Kier alpha value is -2.41. The molecular formula is C27H40N6O4S. The van der Waals surface area contributed by atoms with Crippen molar-refractivity contribution >= 4 is 33.3 Å². The molecule has 10 nitrogen and oxygen atoms in total. The number of morpholine rings is 1. The number of nitrogens with zero attached hydrogens (tertiary/aromatic N) is 4. The van der Waals surface area contributed by atoms with Crippen LogP contribution in [0.1, 0.15) is 38.8 Å². The van der Waals surface area contributed by atoms with Gasteiger partial charge < -0.3 is 30.7 Å². The molecule has 1 saturated carbocycles. The lowest BCUT2D eigenvalue weighted by molar-refractivity contribution is -0.127. The number of aromatic nitrogens is 3. The summed E-state index contributed by atoms with van der Waals surface area (Å²) in [5.41, 5.74) is 2.89. The fourth-order valence-corrected chi connectivity index (χ4v) is 5.77. The number of aliphatic hydroxyl groups excluding tert-OH is 1. The second-order valence-corrected chi connectivity index (χ2v) is 11.5. The minimum Gasteiger partial charge on any atom is -0.396 e. The minimum absolute atomic E-state index is 0.250. The lowest BCUT2D eigenvalue weighted by atomic mass is 10.1. The van der Waals surface area contributed by atoms with Crippen LogP contribution in [0.15, 0.2) is 24.3 Å². The maximum absolute atomic E-state index is 9.57. The third kappa shape index (κ3) is 8.29. The first-order valence-corrected chi connectivity index (χ1v) is 14.1. The second-order valence-electron chi connectivity index (χ2n) is 10.4. The number of rotatable bonds is 8. The molecule has 2 aromatic heterocycles. The molecule has 0 bridgehead atoms. The molecule has 1 aliphatic heterocycles. The van der Waals surface area contributed by atoms with Gasteiger partial charge in [-0.1, -0.05) is 12.1 Å². The highest BCUT2D eigenvalue weighted by Gasteiger charge is 2.26. The van der Waals surface area contributed by atoms with Gasteiger partial charge in [0.1, 0.15) is 10.8 Å². The first-order chi connectivity index (χ1) is 18.2. The van der Waals surface area contributed by atoms with Crippen molar-refractivity contribution < 1.29 is 20.1 Å². The van der Waals surface area contributed by atoms with Gasteiger partial charge in [-0.3, -0.25) is 4.90 Å². The SMILES string of the molecule is CC(C)(O)O.Cc1nc(NCCN2CCOCC2)nc(NC2CCC(CO)C2)c1-c1nc2ccccc2s1. The summed E-state index contributed by atoms with van der Waals surface area (Å²) in [6.07, 6.45) is 3.03. The van der Waals surface area contributed by atoms with Gasteiger partial charge in [0.05, 0.1) is 34.7 Å². The van der Waals surface area contributed by atoms with E-state index in [1.54, 1.807) is 11.3 Å². The zero-order chi connectivity index (χ0) is 27.1. The molecular weight excluding hydrogens is 504 g/mol. The van der Waals surface area contributed by atoms with E-state index in [-0.39, 0.29) is 6.61 Å². The summed E-state index contributed by atoms with van der Waals surface area (Å²) in [7, 11) is 0. The Kier molecular flexibility index (Phi) is 9.85. The number of thiazole rings is 1. The summed E-state index contributed by atoms with van der Waals surface area (Å²) in [5, 5.41) is 33.8. The number of benzene rings is 1. The van der Waals surface area contributed by atoms with E-state index in [2.05, 4.69) is 21.6 Å². The topological polar surface area (TPSA) is 136 Å². The van der Waals surface area contributed by atoms with Crippen molar-refractivity contribution in [3.8, 4) is 10.6 Å². The molecule has 1 saturated heterocycles. The van der Waals surface area contributed by atoms with Crippen LogP contribution in [0.5, 0.6) is 0 Å². The molecule has 0 spiro atoms. The summed E-state index contributed by atoms with van der Waals surface area (Å²) in [4.78, 5) is 17.0. The smallest absolute Gasteiger partial charge is 0.224 e. The molecule has 0 radical (unpaired) electrons. The van der Waals surface area contributed by atoms with E-state index in [4.69, 9.17) is 29.9 Å². The van der Waals surface area contributed by atoms with Crippen molar-refractivity contribution in [1.29, 1.82) is 0 Å². The van der Waals surface area contributed by atoms with Gasteiger partial charge in [-0.15, -0.1) is 11.3 Å². The number of anilines is 2. The number of para-hydroxylation sites is 1. The third-order valence-corrected chi connectivity index (χ3v) is 7.61. The van der Waals surface area contributed by atoms with Gasteiger partial charge in [-0.25, -0.2) is 9.97 Å². The van der Waals surface area contributed by atoms with Gasteiger partial charge in [-0.2, -0.15) is 4.98 Å². The fraction of sp³-hybridized carbons (Fsp3) is 0.593. The largest absolute Gasteiger partial charge is 0.396 e. The van der Waals surface area contributed by atoms with E-state index >= 15 is 0 Å². The Bertz CT molecular complexity index is 1140. The number of aryl methyl sites for hydroxylation is 1. The summed E-state index contributed by atoms with van der Waals surface area (Å²) in [6, 6.07) is 8.50. The average molecular weight is 545 g/mol. The van der Waals surface area contributed by atoms with Gasteiger partial charge in [-0.05, 0) is 58.1 Å². The molecule has 3 heterocycles. The van der Waals surface area contributed by atoms with E-state index in [9.17, 15) is 5.11 Å². The number of hydrogen-bond acceptors (Lipinski definition) is 11. The van der Waals surface area contributed by atoms with Gasteiger partial charge >= 0.3 is 0 Å². The lowest BCUT2D eigenvalue weighted by Gasteiger charge is -2.26. The third-order valence-electron chi connectivity index (χ3n) is 6.55. The quantitative estimate of drug-likeness (QED) is 0.269. The van der Waals surface area contributed by atoms with Crippen LogP contribution in [-0.2, 0) is 4.74 Å². The molecule has 11 heteroatoms. The number of ether oxygens (including phenoxy) is 1. The normalized spacial score (nSPS) is 20.3. The van der Waals surface area contributed by atoms with E-state index in [1.807, 2.05) is 25.1 Å². The monoisotopic (exact) mass is 544 g/mol. The highest BCUT2D eigenvalue weighted by atomic mass is 32.1. The van der Waals surface area contributed by atoms with Crippen LogP contribution < -0.4 is 10.6 Å². The van der Waals surface area contributed by atoms with Crippen molar-refractivity contribution in [1.82, 2.24) is 19.9 Å². The molecule has 38 heavy (non-hydrogen) atoms. The Morgan fingerprint density at radius 3 is 2.53 bits per heavy atom. The Morgan fingerprint density at radius 2 is 1.84 bits per heavy atom. The minimum atomic E-state index is -1.50. The van der Waals surface area contributed by atoms with Crippen LogP contribution in [0.25, 0.3) is 20.8 Å². The summed E-state index contributed by atoms with van der Waals surface area (Å²) in [5.74, 6) is 0.339.